The van der Waals surface area contributed by atoms with Gasteiger partial charge in [0.15, 0.2) is 11.6 Å². The molecule has 3 N–H and O–H groups in total. The van der Waals surface area contributed by atoms with E-state index < -0.39 is 17.6 Å². The third-order valence-corrected chi connectivity index (χ3v) is 3.10. The molecule has 0 heterocycles. The van der Waals surface area contributed by atoms with Crippen LogP contribution in [0.3, 0.4) is 0 Å². The Morgan fingerprint density at radius 1 is 1.20 bits per heavy atom. The first-order valence-corrected chi connectivity index (χ1v) is 6.13. The van der Waals surface area contributed by atoms with Gasteiger partial charge >= 0.3 is 5.97 Å². The fourth-order valence-corrected chi connectivity index (χ4v) is 1.83. The zero-order valence-corrected chi connectivity index (χ0v) is 11.4. The molecule has 0 spiro atoms. The number of nitrogens with two attached hydrogens (primary N) is 1. The van der Waals surface area contributed by atoms with Crippen LogP contribution in [0.5, 0.6) is 11.5 Å². The molecule has 4 nitrogen and oxygen atoms in total. The Hall–Kier alpha value is -2.15. The summed E-state index contributed by atoms with van der Waals surface area (Å²) >= 11 is 3.12. The summed E-state index contributed by atoms with van der Waals surface area (Å²) in [4.78, 5) is 10.9. The zero-order valence-electron chi connectivity index (χ0n) is 9.86. The molecule has 2 rings (SSSR count). The van der Waals surface area contributed by atoms with Crippen LogP contribution in [0, 0.1) is 11.6 Å². The lowest BCUT2D eigenvalue weighted by Gasteiger charge is -2.10. The lowest BCUT2D eigenvalue weighted by Crippen LogP contribution is -2.04. The van der Waals surface area contributed by atoms with E-state index in [1.165, 1.54) is 12.1 Å². The third kappa shape index (κ3) is 2.88. The Bertz CT molecular complexity index is 692. The number of benzene rings is 2. The van der Waals surface area contributed by atoms with Crippen LogP contribution >= 0.6 is 15.9 Å². The Kier molecular flexibility index (Phi) is 3.89. The van der Waals surface area contributed by atoms with Crippen LogP contribution in [-0.2, 0) is 0 Å². The van der Waals surface area contributed by atoms with Crippen LogP contribution in [0.15, 0.2) is 34.8 Å². The van der Waals surface area contributed by atoms with Gasteiger partial charge in [-0.15, -0.1) is 0 Å². The van der Waals surface area contributed by atoms with E-state index in [0.717, 1.165) is 18.2 Å². The summed E-state index contributed by atoms with van der Waals surface area (Å²) in [6.45, 7) is 0. The number of halogens is 3. The van der Waals surface area contributed by atoms with Gasteiger partial charge < -0.3 is 15.6 Å². The monoisotopic (exact) mass is 343 g/mol. The number of nitrogen functional groups attached to an aromatic ring is 1. The number of carboxylic acid groups (broad SMARTS) is 1. The molecule has 2 aromatic rings. The Balaban J connectivity index is 2.45. The number of carbonyl (C=O) groups is 1. The van der Waals surface area contributed by atoms with Crippen LogP contribution < -0.4 is 10.5 Å². The largest absolute Gasteiger partial charge is 0.478 e. The summed E-state index contributed by atoms with van der Waals surface area (Å²) < 4.78 is 32.4. The minimum absolute atomic E-state index is 0.0185. The van der Waals surface area contributed by atoms with E-state index in [4.69, 9.17) is 15.6 Å². The molecule has 0 aliphatic carbocycles. The lowest BCUT2D eigenvalue weighted by molar-refractivity contribution is 0.0697. The quantitative estimate of drug-likeness (QED) is 0.831. The molecule has 0 aliphatic rings. The van der Waals surface area contributed by atoms with Crippen LogP contribution in [0.1, 0.15) is 10.4 Å². The van der Waals surface area contributed by atoms with Gasteiger partial charge in [-0.1, -0.05) is 0 Å². The number of anilines is 1. The van der Waals surface area contributed by atoms with Crippen molar-refractivity contribution >= 4 is 27.6 Å². The molecule has 0 unspecified atom stereocenters. The SMILES string of the molecule is Nc1cc(F)c(Oc2cc(F)ccc2Br)cc1C(=O)O. The second-order valence-electron chi connectivity index (χ2n) is 3.85. The highest BCUT2D eigenvalue weighted by Gasteiger charge is 2.16. The van der Waals surface area contributed by atoms with E-state index >= 15 is 0 Å². The Morgan fingerprint density at radius 3 is 2.55 bits per heavy atom. The van der Waals surface area contributed by atoms with Crippen LogP contribution in [0.4, 0.5) is 14.5 Å². The van der Waals surface area contributed by atoms with Gasteiger partial charge in [-0.25, -0.2) is 13.6 Å². The van der Waals surface area contributed by atoms with Crippen molar-refractivity contribution in [2.45, 2.75) is 0 Å². The maximum absolute atomic E-state index is 13.7. The lowest BCUT2D eigenvalue weighted by atomic mass is 10.1. The minimum atomic E-state index is -1.31. The average molecular weight is 344 g/mol. The highest BCUT2D eigenvalue weighted by atomic mass is 79.9. The highest BCUT2D eigenvalue weighted by Crippen LogP contribution is 2.33. The van der Waals surface area contributed by atoms with Crippen molar-refractivity contribution in [1.82, 2.24) is 0 Å². The molecule has 2 aromatic carbocycles. The number of ether oxygens (including phenoxy) is 1. The fourth-order valence-electron chi connectivity index (χ4n) is 1.51. The van der Waals surface area contributed by atoms with Gasteiger partial charge in [-0.3, -0.25) is 0 Å². The first kappa shape index (κ1) is 14.3. The molecule has 0 aliphatic heterocycles. The molecule has 0 amide bonds. The molecule has 0 atom stereocenters. The maximum atomic E-state index is 13.7. The van der Waals surface area contributed by atoms with Crippen molar-refractivity contribution in [2.24, 2.45) is 0 Å². The summed E-state index contributed by atoms with van der Waals surface area (Å²) in [6, 6.07) is 5.41. The number of rotatable bonds is 3. The predicted molar refractivity (Wildman–Crippen MR) is 71.9 cm³/mol. The molecule has 0 bridgehead atoms. The van der Waals surface area contributed by atoms with Gasteiger partial charge in [-0.05, 0) is 28.1 Å². The molecule has 0 fully saturated rings. The molecule has 0 aromatic heterocycles. The first-order chi connectivity index (χ1) is 9.38. The van der Waals surface area contributed by atoms with Crippen molar-refractivity contribution in [1.29, 1.82) is 0 Å². The van der Waals surface area contributed by atoms with Crippen LogP contribution in [-0.4, -0.2) is 11.1 Å². The number of hydrogen-bond acceptors (Lipinski definition) is 3. The van der Waals surface area contributed by atoms with E-state index in [1.807, 2.05) is 0 Å². The normalized spacial score (nSPS) is 10.3. The van der Waals surface area contributed by atoms with Crippen molar-refractivity contribution < 1.29 is 23.4 Å². The molecule has 104 valence electrons. The van der Waals surface area contributed by atoms with E-state index in [0.29, 0.717) is 4.47 Å². The van der Waals surface area contributed by atoms with Crippen molar-refractivity contribution in [2.75, 3.05) is 5.73 Å². The van der Waals surface area contributed by atoms with Gasteiger partial charge in [0.2, 0.25) is 0 Å². The molecule has 0 radical (unpaired) electrons. The molecule has 0 saturated heterocycles. The summed E-state index contributed by atoms with van der Waals surface area (Å²) in [7, 11) is 0. The summed E-state index contributed by atoms with van der Waals surface area (Å²) in [5.74, 6) is -3.07. The zero-order chi connectivity index (χ0) is 14.9. The summed E-state index contributed by atoms with van der Waals surface area (Å²) in [6.07, 6.45) is 0. The standard InChI is InChI=1S/C13H8BrF2NO3/c14-8-2-1-6(15)3-11(8)20-12-4-7(13(18)19)10(17)5-9(12)16/h1-5H,17H2,(H,18,19). The second kappa shape index (κ2) is 5.46. The fraction of sp³-hybridized carbons (Fsp3) is 0. The van der Waals surface area contributed by atoms with E-state index in [-0.39, 0.29) is 22.7 Å². The van der Waals surface area contributed by atoms with E-state index in [1.54, 1.807) is 0 Å². The highest BCUT2D eigenvalue weighted by molar-refractivity contribution is 9.10. The predicted octanol–water partition coefficient (Wildman–Crippen LogP) is 3.80. The molecule has 20 heavy (non-hydrogen) atoms. The van der Waals surface area contributed by atoms with Gasteiger partial charge in [0.25, 0.3) is 0 Å². The van der Waals surface area contributed by atoms with Gasteiger partial charge in [0.05, 0.1) is 10.0 Å². The average Bonchev–Trinajstić information content (AvgIpc) is 2.36. The number of aromatic carboxylic acids is 1. The first-order valence-electron chi connectivity index (χ1n) is 5.33. The minimum Gasteiger partial charge on any atom is -0.478 e. The van der Waals surface area contributed by atoms with Crippen molar-refractivity contribution in [3.63, 3.8) is 0 Å². The molecular weight excluding hydrogens is 336 g/mol. The van der Waals surface area contributed by atoms with Gasteiger partial charge in [0.1, 0.15) is 11.6 Å². The van der Waals surface area contributed by atoms with Crippen LogP contribution in [0.25, 0.3) is 0 Å². The topological polar surface area (TPSA) is 72.5 Å². The molecule has 7 heteroatoms. The summed E-state index contributed by atoms with van der Waals surface area (Å²) in [5, 5.41) is 8.92. The third-order valence-electron chi connectivity index (χ3n) is 2.45. The maximum Gasteiger partial charge on any atom is 0.337 e. The van der Waals surface area contributed by atoms with E-state index in [2.05, 4.69) is 15.9 Å². The molecule has 0 saturated carbocycles. The van der Waals surface area contributed by atoms with Crippen molar-refractivity contribution in [3.05, 3.63) is 52.0 Å². The smallest absolute Gasteiger partial charge is 0.337 e. The summed E-state index contributed by atoms with van der Waals surface area (Å²) in [5.41, 5.74) is 4.87. The van der Waals surface area contributed by atoms with Gasteiger partial charge in [-0.2, -0.15) is 0 Å². The Morgan fingerprint density at radius 2 is 1.90 bits per heavy atom. The molecular formula is C13H8BrF2NO3. The van der Waals surface area contributed by atoms with E-state index in [9.17, 15) is 13.6 Å². The Labute approximate surface area is 120 Å². The number of hydrogen-bond donors (Lipinski definition) is 2. The number of carboxylic acids is 1. The van der Waals surface area contributed by atoms with Crippen molar-refractivity contribution in [3.8, 4) is 11.5 Å². The second-order valence-corrected chi connectivity index (χ2v) is 4.71. The van der Waals surface area contributed by atoms with Gasteiger partial charge in [0, 0.05) is 23.9 Å². The van der Waals surface area contributed by atoms with Crippen LogP contribution in [0.2, 0.25) is 0 Å².